The van der Waals surface area contributed by atoms with E-state index in [1.165, 1.54) is 6.42 Å². The lowest BCUT2D eigenvalue weighted by Gasteiger charge is -2.36. The van der Waals surface area contributed by atoms with Crippen LogP contribution in [0.2, 0.25) is 0 Å². The Kier molecular flexibility index (Phi) is 4.30. The summed E-state index contributed by atoms with van der Waals surface area (Å²) in [5, 5.41) is 5.40. The summed E-state index contributed by atoms with van der Waals surface area (Å²) in [5.74, 6) is 0.156. The summed E-state index contributed by atoms with van der Waals surface area (Å²) in [7, 11) is 1.98. The van der Waals surface area contributed by atoms with Crippen LogP contribution in [-0.2, 0) is 13.6 Å². The van der Waals surface area contributed by atoms with Crippen LogP contribution in [0.3, 0.4) is 0 Å². The van der Waals surface area contributed by atoms with Crippen molar-refractivity contribution in [2.75, 3.05) is 6.54 Å². The van der Waals surface area contributed by atoms with Gasteiger partial charge in [0, 0.05) is 49.5 Å². The maximum atomic E-state index is 13.2. The fraction of sp³-hybridized carbons (Fsp3) is 0.400. The van der Waals surface area contributed by atoms with Gasteiger partial charge in [-0.2, -0.15) is 5.10 Å². The minimum Gasteiger partial charge on any atom is -0.340 e. The van der Waals surface area contributed by atoms with E-state index in [4.69, 9.17) is 0 Å². The van der Waals surface area contributed by atoms with E-state index in [1.807, 2.05) is 46.8 Å². The van der Waals surface area contributed by atoms with E-state index in [-0.39, 0.29) is 5.91 Å². The van der Waals surface area contributed by atoms with Crippen molar-refractivity contribution in [3.05, 3.63) is 54.5 Å². The van der Waals surface area contributed by atoms with Crippen molar-refractivity contribution in [2.24, 2.45) is 7.05 Å². The molecular formula is C20H24N4O. The number of aromatic nitrogens is 3. The third-order valence-corrected chi connectivity index (χ3v) is 5.31. The molecule has 0 N–H and O–H groups in total. The number of nitrogens with zero attached hydrogens (tertiary/aromatic N) is 4. The largest absolute Gasteiger partial charge is 0.340 e. The van der Waals surface area contributed by atoms with Gasteiger partial charge in [-0.3, -0.25) is 9.48 Å². The first kappa shape index (κ1) is 15.9. The lowest BCUT2D eigenvalue weighted by Crippen LogP contribution is -2.44. The number of benzene rings is 1. The summed E-state index contributed by atoms with van der Waals surface area (Å²) in [5.41, 5.74) is 1.89. The molecule has 3 aromatic rings. The van der Waals surface area contributed by atoms with Gasteiger partial charge >= 0.3 is 0 Å². The van der Waals surface area contributed by atoms with Crippen LogP contribution in [0.5, 0.6) is 0 Å². The van der Waals surface area contributed by atoms with E-state index in [1.54, 1.807) is 6.20 Å². The molecule has 0 aliphatic carbocycles. The summed E-state index contributed by atoms with van der Waals surface area (Å²) < 4.78 is 3.98. The number of rotatable bonds is 4. The van der Waals surface area contributed by atoms with Crippen molar-refractivity contribution >= 4 is 16.8 Å². The first-order chi connectivity index (χ1) is 12.2. The van der Waals surface area contributed by atoms with Crippen molar-refractivity contribution in [1.82, 2.24) is 19.2 Å². The number of carbonyl (C=O) groups is 1. The first-order valence-corrected chi connectivity index (χ1v) is 9.07. The van der Waals surface area contributed by atoms with Gasteiger partial charge in [0.15, 0.2) is 0 Å². The van der Waals surface area contributed by atoms with Crippen LogP contribution in [0.1, 0.15) is 36.2 Å². The first-order valence-electron chi connectivity index (χ1n) is 9.07. The van der Waals surface area contributed by atoms with Crippen molar-refractivity contribution in [3.63, 3.8) is 0 Å². The van der Waals surface area contributed by atoms with E-state index in [0.29, 0.717) is 6.04 Å². The Balaban J connectivity index is 1.56. The molecule has 0 saturated carbocycles. The second kappa shape index (κ2) is 6.75. The van der Waals surface area contributed by atoms with Gasteiger partial charge in [-0.15, -0.1) is 0 Å². The van der Waals surface area contributed by atoms with Gasteiger partial charge in [-0.25, -0.2) is 0 Å². The van der Waals surface area contributed by atoms with E-state index >= 15 is 0 Å². The maximum absolute atomic E-state index is 13.2. The zero-order valence-electron chi connectivity index (χ0n) is 14.6. The van der Waals surface area contributed by atoms with Crippen LogP contribution in [0.25, 0.3) is 10.9 Å². The summed E-state index contributed by atoms with van der Waals surface area (Å²) >= 11 is 0. The van der Waals surface area contributed by atoms with Gasteiger partial charge in [-0.1, -0.05) is 18.2 Å². The quantitative estimate of drug-likeness (QED) is 0.732. The van der Waals surface area contributed by atoms with E-state index in [9.17, 15) is 4.79 Å². The molecule has 1 aliphatic rings. The second-order valence-electron chi connectivity index (χ2n) is 6.85. The predicted molar refractivity (Wildman–Crippen MR) is 98.4 cm³/mol. The summed E-state index contributed by atoms with van der Waals surface area (Å²) in [6, 6.07) is 12.4. The molecule has 2 aromatic heterocycles. The molecule has 5 heteroatoms. The molecule has 4 rings (SSSR count). The highest BCUT2D eigenvalue weighted by Crippen LogP contribution is 2.25. The van der Waals surface area contributed by atoms with Gasteiger partial charge in [-0.05, 0) is 43.9 Å². The molecule has 1 aliphatic heterocycles. The second-order valence-corrected chi connectivity index (χ2v) is 6.85. The minimum atomic E-state index is 0.156. The van der Waals surface area contributed by atoms with Crippen LogP contribution >= 0.6 is 0 Å². The molecule has 0 bridgehead atoms. The summed E-state index contributed by atoms with van der Waals surface area (Å²) in [6.07, 6.45) is 8.11. The van der Waals surface area contributed by atoms with Crippen molar-refractivity contribution < 1.29 is 4.79 Å². The van der Waals surface area contributed by atoms with Gasteiger partial charge in [0.1, 0.15) is 5.69 Å². The Hall–Kier alpha value is -2.56. The predicted octanol–water partition coefficient (Wildman–Crippen LogP) is 3.46. The Labute approximate surface area is 147 Å². The van der Waals surface area contributed by atoms with Crippen molar-refractivity contribution in [3.8, 4) is 0 Å². The number of hydrogen-bond donors (Lipinski definition) is 0. The molecule has 5 nitrogen and oxygen atoms in total. The number of amides is 1. The third kappa shape index (κ3) is 3.06. The highest BCUT2D eigenvalue weighted by atomic mass is 16.2. The molecule has 1 saturated heterocycles. The SMILES string of the molecule is Cn1c(C(=O)N2CCCC[C@@H]2CCn2cccn2)cc2ccccc21. The van der Waals surface area contributed by atoms with Crippen LogP contribution in [-0.4, -0.2) is 37.7 Å². The van der Waals surface area contributed by atoms with Gasteiger partial charge in [0.05, 0.1) is 0 Å². The molecule has 25 heavy (non-hydrogen) atoms. The van der Waals surface area contributed by atoms with Gasteiger partial charge in [0.2, 0.25) is 0 Å². The van der Waals surface area contributed by atoms with Crippen molar-refractivity contribution in [1.29, 1.82) is 0 Å². The highest BCUT2D eigenvalue weighted by Gasteiger charge is 2.29. The van der Waals surface area contributed by atoms with Crippen LogP contribution < -0.4 is 0 Å². The normalized spacial score (nSPS) is 18.0. The zero-order chi connectivity index (χ0) is 17.2. The number of piperidine rings is 1. The monoisotopic (exact) mass is 336 g/mol. The molecular weight excluding hydrogens is 312 g/mol. The van der Waals surface area contributed by atoms with Gasteiger partial charge < -0.3 is 9.47 Å². The van der Waals surface area contributed by atoms with Crippen LogP contribution in [0.4, 0.5) is 0 Å². The number of aryl methyl sites for hydroxylation is 2. The molecule has 0 radical (unpaired) electrons. The molecule has 0 unspecified atom stereocenters. The fourth-order valence-electron chi connectivity index (χ4n) is 3.92. The Morgan fingerprint density at radius 3 is 2.92 bits per heavy atom. The van der Waals surface area contributed by atoms with Crippen LogP contribution in [0.15, 0.2) is 48.8 Å². The highest BCUT2D eigenvalue weighted by molar-refractivity contribution is 5.98. The van der Waals surface area contributed by atoms with E-state index in [2.05, 4.69) is 22.1 Å². The lowest BCUT2D eigenvalue weighted by molar-refractivity contribution is 0.0584. The van der Waals surface area contributed by atoms with Crippen LogP contribution in [0, 0.1) is 0 Å². The number of fused-ring (bicyclic) bond motifs is 1. The number of likely N-dealkylation sites (tertiary alicyclic amines) is 1. The zero-order valence-corrected chi connectivity index (χ0v) is 14.6. The molecule has 1 aromatic carbocycles. The minimum absolute atomic E-state index is 0.156. The smallest absolute Gasteiger partial charge is 0.270 e. The Morgan fingerprint density at radius 2 is 2.12 bits per heavy atom. The average Bonchev–Trinajstić information content (AvgIpc) is 3.28. The Bertz CT molecular complexity index is 865. The Morgan fingerprint density at radius 1 is 1.24 bits per heavy atom. The molecule has 130 valence electrons. The van der Waals surface area contributed by atoms with E-state index in [0.717, 1.165) is 48.9 Å². The average molecular weight is 336 g/mol. The van der Waals surface area contributed by atoms with E-state index < -0.39 is 0 Å². The fourth-order valence-corrected chi connectivity index (χ4v) is 3.92. The maximum Gasteiger partial charge on any atom is 0.270 e. The number of hydrogen-bond acceptors (Lipinski definition) is 2. The lowest BCUT2D eigenvalue weighted by atomic mass is 9.99. The van der Waals surface area contributed by atoms with Gasteiger partial charge in [0.25, 0.3) is 5.91 Å². The van der Waals surface area contributed by atoms with Crippen molar-refractivity contribution in [2.45, 2.75) is 38.3 Å². The number of carbonyl (C=O) groups excluding carboxylic acids is 1. The summed E-state index contributed by atoms with van der Waals surface area (Å²) in [4.78, 5) is 15.3. The molecule has 1 fully saturated rings. The molecule has 0 spiro atoms. The standard InChI is InChI=1S/C20H24N4O/c1-22-18-9-3-2-7-16(18)15-19(22)20(25)24-13-5-4-8-17(24)10-14-23-12-6-11-21-23/h2-3,6-7,9,11-12,15,17H,4-5,8,10,13-14H2,1H3/t17-/m1/s1. The number of para-hydroxylation sites is 1. The summed E-state index contributed by atoms with van der Waals surface area (Å²) in [6.45, 7) is 1.71. The third-order valence-electron chi connectivity index (χ3n) is 5.31. The molecule has 1 amide bonds. The molecule has 3 heterocycles. The topological polar surface area (TPSA) is 43.1 Å². The molecule has 1 atom stereocenters.